The first-order chi connectivity index (χ1) is 12.2. The number of carboxylic acids is 1. The number of aromatic nitrogens is 2. The third-order valence-electron chi connectivity index (χ3n) is 3.32. The highest BCUT2D eigenvalue weighted by Crippen LogP contribution is 1.99. The summed E-state index contributed by atoms with van der Waals surface area (Å²) in [4.78, 5) is 52.9. The number of carbonyl (C=O) groups excluding carboxylic acids is 3. The number of carbonyl (C=O) groups is 4. The quantitative estimate of drug-likeness (QED) is 0.219. The number of aliphatic carboxylic acids is 1. The number of amides is 3. The van der Waals surface area contributed by atoms with E-state index in [1.807, 2.05) is 0 Å². The van der Waals surface area contributed by atoms with Gasteiger partial charge in [0.05, 0.1) is 19.5 Å². The van der Waals surface area contributed by atoms with Crippen molar-refractivity contribution in [1.82, 2.24) is 25.9 Å². The fourth-order valence-electron chi connectivity index (χ4n) is 1.85. The predicted molar refractivity (Wildman–Crippen MR) is 87.5 cm³/mol. The van der Waals surface area contributed by atoms with Crippen molar-refractivity contribution in [1.29, 1.82) is 0 Å². The molecule has 26 heavy (non-hydrogen) atoms. The fourth-order valence-corrected chi connectivity index (χ4v) is 1.85. The number of carboxylic acid groups (broad SMARTS) is 1. The molecule has 144 valence electrons. The summed E-state index contributed by atoms with van der Waals surface area (Å²) in [7, 11) is 0. The smallest absolute Gasteiger partial charge is 0.326 e. The molecule has 12 heteroatoms. The lowest BCUT2D eigenvalue weighted by Crippen LogP contribution is -2.53. The molecule has 0 fully saturated rings. The third kappa shape index (κ3) is 6.86. The first-order valence-electron chi connectivity index (χ1n) is 7.68. The lowest BCUT2D eigenvalue weighted by molar-refractivity contribution is -0.142. The molecule has 0 saturated heterocycles. The van der Waals surface area contributed by atoms with Crippen molar-refractivity contribution in [3.8, 4) is 0 Å². The SMILES string of the molecule is CC(NC(=O)CNC(=O)C(N)CO)C(=O)NC(Cc1cnc[nH]1)C(=O)O. The summed E-state index contributed by atoms with van der Waals surface area (Å²) in [5.41, 5.74) is 5.80. The number of nitrogens with two attached hydrogens (primary N) is 1. The zero-order chi connectivity index (χ0) is 19.7. The van der Waals surface area contributed by atoms with E-state index in [9.17, 15) is 24.3 Å². The van der Waals surface area contributed by atoms with E-state index >= 15 is 0 Å². The van der Waals surface area contributed by atoms with Gasteiger partial charge >= 0.3 is 5.97 Å². The molecule has 3 unspecified atom stereocenters. The number of nitrogens with one attached hydrogen (secondary N) is 4. The lowest BCUT2D eigenvalue weighted by Gasteiger charge is -2.18. The van der Waals surface area contributed by atoms with Crippen molar-refractivity contribution in [3.05, 3.63) is 18.2 Å². The first-order valence-corrected chi connectivity index (χ1v) is 7.68. The summed E-state index contributed by atoms with van der Waals surface area (Å²) >= 11 is 0. The van der Waals surface area contributed by atoms with Crippen molar-refractivity contribution in [2.75, 3.05) is 13.2 Å². The topological polar surface area (TPSA) is 200 Å². The van der Waals surface area contributed by atoms with Crippen LogP contribution >= 0.6 is 0 Å². The Morgan fingerprint density at radius 3 is 2.50 bits per heavy atom. The van der Waals surface area contributed by atoms with Gasteiger partial charge in [-0.05, 0) is 6.92 Å². The van der Waals surface area contributed by atoms with Crippen molar-refractivity contribution in [2.24, 2.45) is 5.73 Å². The molecule has 0 aliphatic heterocycles. The number of hydrogen-bond donors (Lipinski definition) is 7. The van der Waals surface area contributed by atoms with Gasteiger partial charge in [-0.25, -0.2) is 9.78 Å². The molecular formula is C14H22N6O6. The van der Waals surface area contributed by atoms with Crippen molar-refractivity contribution in [3.63, 3.8) is 0 Å². The molecule has 1 heterocycles. The van der Waals surface area contributed by atoms with Crippen LogP contribution in [0.15, 0.2) is 12.5 Å². The summed E-state index contributed by atoms with van der Waals surface area (Å²) in [6.07, 6.45) is 2.82. The van der Waals surface area contributed by atoms with Crippen molar-refractivity contribution >= 4 is 23.7 Å². The molecule has 3 atom stereocenters. The van der Waals surface area contributed by atoms with Crippen LogP contribution < -0.4 is 21.7 Å². The Morgan fingerprint density at radius 2 is 1.96 bits per heavy atom. The monoisotopic (exact) mass is 370 g/mol. The first kappa shape index (κ1) is 21.1. The van der Waals surface area contributed by atoms with Crippen molar-refractivity contribution in [2.45, 2.75) is 31.5 Å². The van der Waals surface area contributed by atoms with Crippen LogP contribution in [0.2, 0.25) is 0 Å². The Hall–Kier alpha value is -2.99. The van der Waals surface area contributed by atoms with E-state index in [-0.39, 0.29) is 6.42 Å². The zero-order valence-electron chi connectivity index (χ0n) is 14.1. The van der Waals surface area contributed by atoms with E-state index in [2.05, 4.69) is 25.9 Å². The molecule has 0 saturated carbocycles. The normalized spacial score (nSPS) is 14.0. The van der Waals surface area contributed by atoms with Gasteiger partial charge in [-0.3, -0.25) is 14.4 Å². The summed E-state index contributed by atoms with van der Waals surface area (Å²) < 4.78 is 0. The minimum absolute atomic E-state index is 0.00313. The highest BCUT2D eigenvalue weighted by atomic mass is 16.4. The second-order valence-corrected chi connectivity index (χ2v) is 5.48. The van der Waals surface area contributed by atoms with E-state index < -0.39 is 55.0 Å². The maximum Gasteiger partial charge on any atom is 0.326 e. The highest BCUT2D eigenvalue weighted by molar-refractivity contribution is 5.92. The molecule has 12 nitrogen and oxygen atoms in total. The molecule has 8 N–H and O–H groups in total. The van der Waals surface area contributed by atoms with Gasteiger partial charge in [0.15, 0.2) is 0 Å². The maximum atomic E-state index is 12.1. The van der Waals surface area contributed by atoms with E-state index in [0.717, 1.165) is 0 Å². The Bertz CT molecular complexity index is 634. The number of aliphatic hydroxyl groups excluding tert-OH is 1. The number of aromatic amines is 1. The second-order valence-electron chi connectivity index (χ2n) is 5.48. The van der Waals surface area contributed by atoms with Gasteiger partial charge in [0.25, 0.3) is 0 Å². The summed E-state index contributed by atoms with van der Waals surface area (Å²) in [5.74, 6) is -3.34. The van der Waals surface area contributed by atoms with Gasteiger partial charge in [-0.2, -0.15) is 0 Å². The van der Waals surface area contributed by atoms with Crippen LogP contribution in [0.3, 0.4) is 0 Å². The van der Waals surface area contributed by atoms with E-state index in [4.69, 9.17) is 10.8 Å². The highest BCUT2D eigenvalue weighted by Gasteiger charge is 2.24. The number of rotatable bonds is 10. The average Bonchev–Trinajstić information content (AvgIpc) is 3.11. The van der Waals surface area contributed by atoms with E-state index in [0.29, 0.717) is 5.69 Å². The van der Waals surface area contributed by atoms with Crippen LogP contribution in [0.25, 0.3) is 0 Å². The van der Waals surface area contributed by atoms with Crippen molar-refractivity contribution < 1.29 is 29.4 Å². The minimum atomic E-state index is -1.24. The number of H-pyrrole nitrogens is 1. The molecule has 3 amide bonds. The van der Waals surface area contributed by atoms with Gasteiger partial charge in [0, 0.05) is 18.3 Å². The molecule has 0 radical (unpaired) electrons. The molecule has 0 aliphatic carbocycles. The summed E-state index contributed by atoms with van der Waals surface area (Å²) in [6.45, 7) is 0.351. The van der Waals surface area contributed by atoms with Crippen LogP contribution in [0.4, 0.5) is 0 Å². The van der Waals surface area contributed by atoms with Crippen LogP contribution in [0.5, 0.6) is 0 Å². The van der Waals surface area contributed by atoms with Crippen LogP contribution in [0.1, 0.15) is 12.6 Å². The van der Waals surface area contributed by atoms with E-state index in [1.165, 1.54) is 19.4 Å². The number of aliphatic hydroxyl groups is 1. The molecular weight excluding hydrogens is 348 g/mol. The molecule has 1 rings (SSSR count). The number of imidazole rings is 1. The Labute approximate surface area is 148 Å². The third-order valence-corrected chi connectivity index (χ3v) is 3.32. The van der Waals surface area contributed by atoms with Crippen LogP contribution in [-0.2, 0) is 25.6 Å². The maximum absolute atomic E-state index is 12.1. The minimum Gasteiger partial charge on any atom is -0.480 e. The van der Waals surface area contributed by atoms with Gasteiger partial charge in [-0.1, -0.05) is 0 Å². The number of hydrogen-bond acceptors (Lipinski definition) is 7. The molecule has 1 aromatic rings. The largest absolute Gasteiger partial charge is 0.480 e. The average molecular weight is 370 g/mol. The molecule has 1 aromatic heterocycles. The van der Waals surface area contributed by atoms with Gasteiger partial charge in [-0.15, -0.1) is 0 Å². The molecule has 0 aliphatic rings. The Balaban J connectivity index is 2.48. The summed E-state index contributed by atoms with van der Waals surface area (Å²) in [6, 6.07) is -3.39. The Morgan fingerprint density at radius 1 is 1.27 bits per heavy atom. The lowest BCUT2D eigenvalue weighted by atomic mass is 10.1. The standard InChI is InChI=1S/C14H22N6O6/c1-7(19-11(22)4-17-13(24)9(15)5-21)12(23)20-10(14(25)26)2-8-3-16-6-18-8/h3,6-7,9-10,21H,2,4-5,15H2,1H3,(H,16,18)(H,17,24)(H,19,22)(H,20,23)(H,25,26). The number of nitrogens with zero attached hydrogens (tertiary/aromatic N) is 1. The molecule has 0 bridgehead atoms. The zero-order valence-corrected chi connectivity index (χ0v) is 14.1. The van der Waals surface area contributed by atoms with E-state index in [1.54, 1.807) is 0 Å². The van der Waals surface area contributed by atoms with Gasteiger partial charge in [0.2, 0.25) is 17.7 Å². The van der Waals surface area contributed by atoms with Gasteiger partial charge in [0.1, 0.15) is 18.1 Å². The second kappa shape index (κ2) is 10.1. The predicted octanol–water partition coefficient (Wildman–Crippen LogP) is -3.54. The molecule has 0 spiro atoms. The fraction of sp³-hybridized carbons (Fsp3) is 0.500. The van der Waals surface area contributed by atoms with Crippen LogP contribution in [0, 0.1) is 0 Å². The Kier molecular flexibility index (Phi) is 8.18. The molecule has 0 aromatic carbocycles. The summed E-state index contributed by atoms with van der Waals surface area (Å²) in [5, 5.41) is 24.7. The van der Waals surface area contributed by atoms with Gasteiger partial charge < -0.3 is 36.9 Å². The van der Waals surface area contributed by atoms with Crippen LogP contribution in [-0.4, -0.2) is 75.1 Å².